The van der Waals surface area contributed by atoms with Gasteiger partial charge >= 0.3 is 0 Å². The molecule has 7 nitrogen and oxygen atoms in total. The Morgan fingerprint density at radius 3 is 2.73 bits per heavy atom. The number of aryl methyl sites for hydroxylation is 1. The average molecular weight is 428 g/mol. The number of aliphatic imine (C=N–C) groups is 1. The van der Waals surface area contributed by atoms with Crippen LogP contribution in [0.25, 0.3) is 0 Å². The van der Waals surface area contributed by atoms with Gasteiger partial charge in [0, 0.05) is 34.8 Å². The molecule has 1 heterocycles. The third-order valence-electron chi connectivity index (χ3n) is 5.86. The summed E-state index contributed by atoms with van der Waals surface area (Å²) in [5.74, 6) is -0.157. The van der Waals surface area contributed by atoms with Gasteiger partial charge in [0.15, 0.2) is 0 Å². The molecule has 2 aliphatic carbocycles. The first-order valence-corrected chi connectivity index (χ1v) is 11.3. The van der Waals surface area contributed by atoms with Gasteiger partial charge in [0.1, 0.15) is 10.8 Å². The average Bonchev–Trinajstić information content (AvgIpc) is 3.12. The summed E-state index contributed by atoms with van der Waals surface area (Å²) in [6.07, 6.45) is 10.9. The number of hydrogen-bond donors (Lipinski definition) is 2. The van der Waals surface area contributed by atoms with Crippen molar-refractivity contribution in [3.8, 4) is 5.75 Å². The number of fused-ring (bicyclic) bond motifs is 1. The summed E-state index contributed by atoms with van der Waals surface area (Å²) in [5, 5.41) is 24.9. The molecule has 158 valence electrons. The number of nitro groups is 1. The van der Waals surface area contributed by atoms with Crippen LogP contribution in [-0.4, -0.2) is 28.2 Å². The van der Waals surface area contributed by atoms with E-state index in [0.29, 0.717) is 10.6 Å². The van der Waals surface area contributed by atoms with Gasteiger partial charge < -0.3 is 10.4 Å². The Balaban J connectivity index is 1.65. The van der Waals surface area contributed by atoms with E-state index in [4.69, 9.17) is 0 Å². The van der Waals surface area contributed by atoms with E-state index in [1.54, 1.807) is 0 Å². The first-order chi connectivity index (χ1) is 14.5. The van der Waals surface area contributed by atoms with E-state index in [0.717, 1.165) is 56.9 Å². The molecule has 30 heavy (non-hydrogen) atoms. The number of aromatic hydroxyl groups is 1. The lowest BCUT2D eigenvalue weighted by atomic mass is 9.93. The van der Waals surface area contributed by atoms with Crippen molar-refractivity contribution in [2.45, 2.75) is 63.8 Å². The van der Waals surface area contributed by atoms with Gasteiger partial charge in [0.25, 0.3) is 11.6 Å². The number of carbonyl (C=O) groups is 1. The zero-order valence-corrected chi connectivity index (χ0v) is 17.5. The summed E-state index contributed by atoms with van der Waals surface area (Å²) in [5.41, 5.74) is 1.88. The SMILES string of the molecule is O=C(NC1CCCCC1)c1c(/N=C/c2cc([N+](=O)[O-])ccc2O)sc2c1CCCC2. The highest BCUT2D eigenvalue weighted by atomic mass is 32.1. The van der Waals surface area contributed by atoms with Crippen molar-refractivity contribution >= 4 is 34.1 Å². The predicted molar refractivity (Wildman–Crippen MR) is 117 cm³/mol. The lowest BCUT2D eigenvalue weighted by Crippen LogP contribution is -2.36. The first-order valence-electron chi connectivity index (χ1n) is 10.5. The summed E-state index contributed by atoms with van der Waals surface area (Å²) in [7, 11) is 0. The molecule has 8 heteroatoms. The number of carbonyl (C=O) groups excluding carboxylic acids is 1. The van der Waals surface area contributed by atoms with Gasteiger partial charge in [-0.3, -0.25) is 14.9 Å². The summed E-state index contributed by atoms with van der Waals surface area (Å²) < 4.78 is 0. The molecule has 0 spiro atoms. The number of non-ortho nitro benzene ring substituents is 1. The largest absolute Gasteiger partial charge is 0.507 e. The van der Waals surface area contributed by atoms with E-state index >= 15 is 0 Å². The number of nitrogens with one attached hydrogen (secondary N) is 1. The fourth-order valence-electron chi connectivity index (χ4n) is 4.27. The Kier molecular flexibility index (Phi) is 6.13. The molecule has 0 unspecified atom stereocenters. The van der Waals surface area contributed by atoms with Crippen LogP contribution in [0.5, 0.6) is 5.75 Å². The highest BCUT2D eigenvalue weighted by Crippen LogP contribution is 2.40. The van der Waals surface area contributed by atoms with E-state index in [9.17, 15) is 20.0 Å². The molecular formula is C22H25N3O4S. The van der Waals surface area contributed by atoms with Crippen LogP contribution in [0.2, 0.25) is 0 Å². The molecule has 0 atom stereocenters. The number of benzene rings is 1. The van der Waals surface area contributed by atoms with Gasteiger partial charge in [-0.2, -0.15) is 0 Å². The van der Waals surface area contributed by atoms with Crippen LogP contribution in [0.3, 0.4) is 0 Å². The van der Waals surface area contributed by atoms with E-state index in [2.05, 4.69) is 10.3 Å². The maximum Gasteiger partial charge on any atom is 0.270 e. The third kappa shape index (κ3) is 4.38. The zero-order valence-electron chi connectivity index (χ0n) is 16.7. The molecule has 0 aliphatic heterocycles. The lowest BCUT2D eigenvalue weighted by Gasteiger charge is -2.23. The standard InChI is InChI=1S/C22H25N3O4S/c26-18-11-10-16(25(28)29)12-14(18)13-23-22-20(17-8-4-5-9-19(17)30-22)21(27)24-15-6-2-1-3-7-15/h10-13,15,26H,1-9H2,(H,24,27)/b23-13+. The second-order valence-electron chi connectivity index (χ2n) is 7.96. The Hall–Kier alpha value is -2.74. The summed E-state index contributed by atoms with van der Waals surface area (Å²) >= 11 is 1.51. The minimum Gasteiger partial charge on any atom is -0.507 e. The van der Waals surface area contributed by atoms with Crippen molar-refractivity contribution in [2.75, 3.05) is 0 Å². The summed E-state index contributed by atoms with van der Waals surface area (Å²) in [6, 6.07) is 4.03. The molecule has 0 saturated heterocycles. The van der Waals surface area contributed by atoms with Crippen molar-refractivity contribution in [2.24, 2.45) is 4.99 Å². The number of nitrogens with zero attached hydrogens (tertiary/aromatic N) is 2. The number of amides is 1. The highest BCUT2D eigenvalue weighted by molar-refractivity contribution is 7.16. The van der Waals surface area contributed by atoms with Crippen LogP contribution in [0.1, 0.15) is 71.3 Å². The first kappa shape index (κ1) is 20.5. The maximum absolute atomic E-state index is 13.2. The molecule has 1 fully saturated rings. The van der Waals surface area contributed by atoms with Crippen molar-refractivity contribution < 1.29 is 14.8 Å². The van der Waals surface area contributed by atoms with Crippen molar-refractivity contribution in [1.82, 2.24) is 5.32 Å². The normalized spacial score (nSPS) is 17.1. The smallest absolute Gasteiger partial charge is 0.270 e. The fraction of sp³-hybridized carbons (Fsp3) is 0.455. The topological polar surface area (TPSA) is 105 Å². The van der Waals surface area contributed by atoms with Crippen molar-refractivity contribution in [3.05, 3.63) is 49.9 Å². The van der Waals surface area contributed by atoms with Gasteiger partial charge in [0.05, 0.1) is 10.5 Å². The quantitative estimate of drug-likeness (QED) is 0.395. The van der Waals surface area contributed by atoms with Crippen LogP contribution in [0.15, 0.2) is 23.2 Å². The van der Waals surface area contributed by atoms with Crippen molar-refractivity contribution in [1.29, 1.82) is 0 Å². The monoisotopic (exact) mass is 427 g/mol. The number of phenols is 1. The molecule has 4 rings (SSSR count). The van der Waals surface area contributed by atoms with E-state index < -0.39 is 4.92 Å². The fourth-order valence-corrected chi connectivity index (χ4v) is 5.50. The van der Waals surface area contributed by atoms with Crippen LogP contribution in [0.4, 0.5) is 10.7 Å². The maximum atomic E-state index is 13.2. The van der Waals surface area contributed by atoms with Crippen LogP contribution < -0.4 is 5.32 Å². The second kappa shape index (κ2) is 8.95. The third-order valence-corrected chi connectivity index (χ3v) is 7.06. The molecule has 1 saturated carbocycles. The van der Waals surface area contributed by atoms with Gasteiger partial charge in [-0.1, -0.05) is 19.3 Å². The molecule has 2 aromatic rings. The Morgan fingerprint density at radius 1 is 1.20 bits per heavy atom. The second-order valence-corrected chi connectivity index (χ2v) is 9.04. The summed E-state index contributed by atoms with van der Waals surface area (Å²) in [6.45, 7) is 0. The minimum atomic E-state index is -0.510. The molecule has 1 amide bonds. The molecule has 2 aliphatic rings. The molecule has 1 aromatic heterocycles. The molecular weight excluding hydrogens is 402 g/mol. The Labute approximate surface area is 179 Å². The molecule has 1 aromatic carbocycles. The van der Waals surface area contributed by atoms with E-state index in [-0.39, 0.29) is 28.9 Å². The molecule has 2 N–H and O–H groups in total. The van der Waals surface area contributed by atoms with Gasteiger partial charge in [-0.25, -0.2) is 4.99 Å². The Bertz CT molecular complexity index is 993. The number of hydrogen-bond acceptors (Lipinski definition) is 6. The van der Waals surface area contributed by atoms with E-state index in [1.807, 2.05) is 0 Å². The van der Waals surface area contributed by atoms with Gasteiger partial charge in [-0.15, -0.1) is 11.3 Å². The summed E-state index contributed by atoms with van der Waals surface area (Å²) in [4.78, 5) is 29.4. The van der Waals surface area contributed by atoms with Gasteiger partial charge in [0.2, 0.25) is 0 Å². The number of phenolic OH excluding ortho intramolecular Hbond substituents is 1. The van der Waals surface area contributed by atoms with Crippen LogP contribution >= 0.6 is 11.3 Å². The lowest BCUT2D eigenvalue weighted by molar-refractivity contribution is -0.384. The molecule has 0 radical (unpaired) electrons. The minimum absolute atomic E-state index is 0.0725. The van der Waals surface area contributed by atoms with Crippen LogP contribution in [0, 0.1) is 10.1 Å². The molecule has 0 bridgehead atoms. The highest BCUT2D eigenvalue weighted by Gasteiger charge is 2.27. The predicted octanol–water partition coefficient (Wildman–Crippen LogP) is 5.05. The van der Waals surface area contributed by atoms with Crippen LogP contribution in [-0.2, 0) is 12.8 Å². The van der Waals surface area contributed by atoms with Crippen molar-refractivity contribution in [3.63, 3.8) is 0 Å². The number of nitro benzene ring substituents is 1. The zero-order chi connectivity index (χ0) is 21.1. The number of thiophene rings is 1. The van der Waals surface area contributed by atoms with E-state index in [1.165, 1.54) is 47.0 Å². The Morgan fingerprint density at radius 2 is 1.97 bits per heavy atom. The van der Waals surface area contributed by atoms with Gasteiger partial charge in [-0.05, 0) is 50.2 Å². The number of rotatable bonds is 5.